The molecular formula is C16H15N3O5S. The van der Waals surface area contributed by atoms with Gasteiger partial charge in [-0.15, -0.1) is 11.3 Å². The number of carbonyl (C=O) groups excluding carboxylic acids is 3. The molecule has 2 N–H and O–H groups in total. The van der Waals surface area contributed by atoms with Crippen molar-refractivity contribution >= 4 is 39.9 Å². The number of fused-ring (bicyclic) bond motifs is 1. The normalized spacial score (nSPS) is 15.6. The molecule has 2 amide bonds. The second-order valence-electron chi connectivity index (χ2n) is 5.28. The molecule has 3 rings (SSSR count). The van der Waals surface area contributed by atoms with E-state index in [1.807, 2.05) is 0 Å². The predicted octanol–water partition coefficient (Wildman–Crippen LogP) is 1.93. The van der Waals surface area contributed by atoms with E-state index in [9.17, 15) is 14.4 Å². The van der Waals surface area contributed by atoms with Crippen molar-refractivity contribution < 1.29 is 23.9 Å². The molecule has 1 aromatic heterocycles. The fourth-order valence-corrected chi connectivity index (χ4v) is 2.91. The van der Waals surface area contributed by atoms with Gasteiger partial charge in [0.15, 0.2) is 11.2 Å². The number of aromatic nitrogens is 1. The molecular weight excluding hydrogens is 346 g/mol. The van der Waals surface area contributed by atoms with Gasteiger partial charge in [-0.1, -0.05) is 12.1 Å². The van der Waals surface area contributed by atoms with E-state index in [0.29, 0.717) is 22.3 Å². The number of hydrogen-bond acceptors (Lipinski definition) is 7. The van der Waals surface area contributed by atoms with Crippen LogP contribution in [0.15, 0.2) is 29.6 Å². The summed E-state index contributed by atoms with van der Waals surface area (Å²) >= 11 is 1.23. The lowest BCUT2D eigenvalue weighted by Gasteiger charge is -2.25. The summed E-state index contributed by atoms with van der Waals surface area (Å²) in [6.07, 6.45) is -1.14. The Labute approximate surface area is 147 Å². The third-order valence-corrected chi connectivity index (χ3v) is 4.08. The zero-order valence-electron chi connectivity index (χ0n) is 13.3. The Balaban J connectivity index is 1.52. The van der Waals surface area contributed by atoms with Crippen LogP contribution in [0.4, 0.5) is 10.8 Å². The lowest BCUT2D eigenvalue weighted by Crippen LogP contribution is -2.38. The zero-order chi connectivity index (χ0) is 17.8. The molecule has 8 nitrogen and oxygen atoms in total. The van der Waals surface area contributed by atoms with Crippen molar-refractivity contribution in [1.29, 1.82) is 0 Å². The Kier molecular flexibility index (Phi) is 4.94. The highest BCUT2D eigenvalue weighted by atomic mass is 32.1. The number of amides is 2. The predicted molar refractivity (Wildman–Crippen MR) is 90.3 cm³/mol. The van der Waals surface area contributed by atoms with Crippen LogP contribution in [0, 0.1) is 0 Å². The van der Waals surface area contributed by atoms with Crippen molar-refractivity contribution in [1.82, 2.24) is 4.98 Å². The number of nitrogens with zero attached hydrogens (tertiary/aromatic N) is 1. The highest BCUT2D eigenvalue weighted by Crippen LogP contribution is 2.29. The number of rotatable bonds is 5. The number of para-hydroxylation sites is 2. The molecule has 1 aliphatic rings. The second kappa shape index (κ2) is 7.31. The summed E-state index contributed by atoms with van der Waals surface area (Å²) in [4.78, 5) is 39.0. The zero-order valence-corrected chi connectivity index (χ0v) is 14.1. The maximum atomic E-state index is 12.0. The van der Waals surface area contributed by atoms with Crippen molar-refractivity contribution in [2.24, 2.45) is 0 Å². The van der Waals surface area contributed by atoms with Crippen LogP contribution in [0.3, 0.4) is 0 Å². The fraction of sp³-hybridized carbons (Fsp3) is 0.250. The molecule has 130 valence electrons. The number of esters is 1. The van der Waals surface area contributed by atoms with Gasteiger partial charge in [0, 0.05) is 12.3 Å². The Morgan fingerprint density at radius 3 is 3.00 bits per heavy atom. The summed E-state index contributed by atoms with van der Waals surface area (Å²) in [5.41, 5.74) is 1.09. The molecule has 0 spiro atoms. The molecule has 2 heterocycles. The first kappa shape index (κ1) is 16.9. The van der Waals surface area contributed by atoms with Crippen LogP contribution < -0.4 is 15.4 Å². The molecule has 0 saturated heterocycles. The molecule has 0 fully saturated rings. The van der Waals surface area contributed by atoms with Crippen molar-refractivity contribution in [2.45, 2.75) is 26.1 Å². The number of ether oxygens (including phenoxy) is 2. The summed E-state index contributed by atoms with van der Waals surface area (Å²) in [5.74, 6) is -0.677. The average molecular weight is 361 g/mol. The Morgan fingerprint density at radius 1 is 1.40 bits per heavy atom. The SMILES string of the molecule is CC(=O)Nc1nc(COC(=O)C[C@H]2Oc3ccccc3NC2=O)cs1. The second-order valence-corrected chi connectivity index (χ2v) is 6.14. The van der Waals surface area contributed by atoms with Gasteiger partial charge in [-0.3, -0.25) is 14.4 Å². The minimum absolute atomic E-state index is 0.0418. The lowest BCUT2D eigenvalue weighted by molar-refractivity contribution is -0.149. The Bertz CT molecular complexity index is 820. The lowest BCUT2D eigenvalue weighted by atomic mass is 10.1. The molecule has 1 aromatic carbocycles. The quantitative estimate of drug-likeness (QED) is 0.788. The topological polar surface area (TPSA) is 107 Å². The van der Waals surface area contributed by atoms with E-state index in [4.69, 9.17) is 9.47 Å². The first-order valence-electron chi connectivity index (χ1n) is 7.45. The largest absolute Gasteiger partial charge is 0.478 e. The minimum atomic E-state index is -0.937. The van der Waals surface area contributed by atoms with E-state index in [0.717, 1.165) is 0 Å². The number of carbonyl (C=O) groups is 3. The molecule has 9 heteroatoms. The van der Waals surface area contributed by atoms with Gasteiger partial charge in [0.2, 0.25) is 5.91 Å². The van der Waals surface area contributed by atoms with Crippen LogP contribution in [-0.2, 0) is 25.7 Å². The molecule has 0 bridgehead atoms. The number of benzene rings is 1. The molecule has 0 saturated carbocycles. The van der Waals surface area contributed by atoms with Crippen molar-refractivity contribution in [3.8, 4) is 5.75 Å². The van der Waals surface area contributed by atoms with Gasteiger partial charge in [-0.05, 0) is 12.1 Å². The first-order chi connectivity index (χ1) is 12.0. The van der Waals surface area contributed by atoms with Crippen LogP contribution in [0.1, 0.15) is 19.0 Å². The number of anilines is 2. The van der Waals surface area contributed by atoms with E-state index in [1.54, 1.807) is 29.6 Å². The number of thiazole rings is 1. The molecule has 1 atom stereocenters. The van der Waals surface area contributed by atoms with E-state index in [-0.39, 0.29) is 18.9 Å². The van der Waals surface area contributed by atoms with Crippen LogP contribution in [0.25, 0.3) is 0 Å². The summed E-state index contributed by atoms with van der Waals surface area (Å²) in [6.45, 7) is 1.34. The third kappa shape index (κ3) is 4.32. The summed E-state index contributed by atoms with van der Waals surface area (Å²) in [6, 6.07) is 6.99. The first-order valence-corrected chi connectivity index (χ1v) is 8.33. The standard InChI is InChI=1S/C16H15N3O5S/c1-9(20)17-16-18-10(8-25-16)7-23-14(21)6-13-15(22)19-11-4-2-3-5-12(11)24-13/h2-5,8,13H,6-7H2,1H3,(H,19,22)(H,17,18,20)/t13-/m1/s1. The summed E-state index contributed by atoms with van der Waals surface area (Å²) in [5, 5.41) is 7.35. The smallest absolute Gasteiger partial charge is 0.310 e. The van der Waals surface area contributed by atoms with Crippen molar-refractivity contribution in [3.63, 3.8) is 0 Å². The number of hydrogen-bond donors (Lipinski definition) is 2. The minimum Gasteiger partial charge on any atom is -0.478 e. The third-order valence-electron chi connectivity index (χ3n) is 3.27. The van der Waals surface area contributed by atoms with Gasteiger partial charge in [0.25, 0.3) is 5.91 Å². The highest BCUT2D eigenvalue weighted by molar-refractivity contribution is 7.13. The van der Waals surface area contributed by atoms with Gasteiger partial charge < -0.3 is 20.1 Å². The van der Waals surface area contributed by atoms with Gasteiger partial charge in [-0.25, -0.2) is 4.98 Å². The van der Waals surface area contributed by atoms with Crippen molar-refractivity contribution in [3.05, 3.63) is 35.3 Å². The van der Waals surface area contributed by atoms with Crippen LogP contribution in [-0.4, -0.2) is 28.9 Å². The average Bonchev–Trinajstić information content (AvgIpc) is 3.00. The molecule has 25 heavy (non-hydrogen) atoms. The Hall–Kier alpha value is -2.94. The van der Waals surface area contributed by atoms with E-state index in [1.165, 1.54) is 18.3 Å². The summed E-state index contributed by atoms with van der Waals surface area (Å²) < 4.78 is 10.7. The highest BCUT2D eigenvalue weighted by Gasteiger charge is 2.30. The van der Waals surface area contributed by atoms with Crippen LogP contribution in [0.5, 0.6) is 5.75 Å². The fourth-order valence-electron chi connectivity index (χ4n) is 2.17. The molecule has 2 aromatic rings. The molecule has 1 aliphatic heterocycles. The van der Waals surface area contributed by atoms with Gasteiger partial charge in [0.1, 0.15) is 12.4 Å². The molecule has 0 unspecified atom stereocenters. The number of nitrogens with one attached hydrogen (secondary N) is 2. The van der Waals surface area contributed by atoms with Gasteiger partial charge in [-0.2, -0.15) is 0 Å². The van der Waals surface area contributed by atoms with Crippen LogP contribution in [0.2, 0.25) is 0 Å². The van der Waals surface area contributed by atoms with Gasteiger partial charge >= 0.3 is 5.97 Å². The molecule has 0 radical (unpaired) electrons. The Morgan fingerprint density at radius 2 is 2.20 bits per heavy atom. The van der Waals surface area contributed by atoms with E-state index < -0.39 is 18.0 Å². The maximum absolute atomic E-state index is 12.0. The van der Waals surface area contributed by atoms with Gasteiger partial charge in [0.05, 0.1) is 17.8 Å². The summed E-state index contributed by atoms with van der Waals surface area (Å²) in [7, 11) is 0. The monoisotopic (exact) mass is 361 g/mol. The van der Waals surface area contributed by atoms with E-state index >= 15 is 0 Å². The van der Waals surface area contributed by atoms with Crippen molar-refractivity contribution in [2.75, 3.05) is 10.6 Å². The molecule has 0 aliphatic carbocycles. The maximum Gasteiger partial charge on any atom is 0.310 e. The van der Waals surface area contributed by atoms with Crippen LogP contribution >= 0.6 is 11.3 Å². The van der Waals surface area contributed by atoms with E-state index in [2.05, 4.69) is 15.6 Å².